The minimum atomic E-state index is -0.213. The van der Waals surface area contributed by atoms with E-state index in [9.17, 15) is 4.79 Å². The van der Waals surface area contributed by atoms with E-state index in [-0.39, 0.29) is 23.3 Å². The zero-order chi connectivity index (χ0) is 15.2. The Bertz CT molecular complexity index is 412. The molecule has 3 heteroatoms. The molecule has 0 fully saturated rings. The Kier molecular flexibility index (Phi) is 6.21. The molecule has 0 aliphatic carbocycles. The molecule has 0 saturated carbocycles. The molecule has 0 aromatic heterocycles. The van der Waals surface area contributed by atoms with Gasteiger partial charge in [0.1, 0.15) is 0 Å². The SMILES string of the molecule is CC(C)C(CN)C(=O)NC(C)(C)CCc1ccccc1. The first-order valence-corrected chi connectivity index (χ1v) is 7.42. The summed E-state index contributed by atoms with van der Waals surface area (Å²) in [5.41, 5.74) is 6.78. The van der Waals surface area contributed by atoms with Crippen LogP contribution in [0.1, 0.15) is 39.7 Å². The average molecular weight is 276 g/mol. The van der Waals surface area contributed by atoms with Crippen molar-refractivity contribution in [1.29, 1.82) is 0 Å². The van der Waals surface area contributed by atoms with Gasteiger partial charge in [0.05, 0.1) is 5.92 Å². The van der Waals surface area contributed by atoms with Crippen LogP contribution in [0, 0.1) is 11.8 Å². The van der Waals surface area contributed by atoms with Crippen molar-refractivity contribution in [2.75, 3.05) is 6.54 Å². The third-order valence-corrected chi connectivity index (χ3v) is 3.74. The molecular weight excluding hydrogens is 248 g/mol. The number of carbonyl (C=O) groups is 1. The van der Waals surface area contributed by atoms with Crippen LogP contribution in [-0.4, -0.2) is 18.0 Å². The van der Waals surface area contributed by atoms with Crippen molar-refractivity contribution in [3.8, 4) is 0 Å². The molecule has 1 aromatic carbocycles. The second-order valence-corrected chi connectivity index (χ2v) is 6.44. The van der Waals surface area contributed by atoms with Gasteiger partial charge in [-0.1, -0.05) is 44.2 Å². The first-order valence-electron chi connectivity index (χ1n) is 7.42. The van der Waals surface area contributed by atoms with E-state index in [2.05, 4.69) is 31.3 Å². The summed E-state index contributed by atoms with van der Waals surface area (Å²) in [6.07, 6.45) is 1.88. The number of benzene rings is 1. The molecule has 3 N–H and O–H groups in total. The molecule has 1 amide bonds. The van der Waals surface area contributed by atoms with Gasteiger partial charge in [0.15, 0.2) is 0 Å². The number of hydrogen-bond acceptors (Lipinski definition) is 2. The van der Waals surface area contributed by atoms with Gasteiger partial charge in [0, 0.05) is 12.1 Å². The Balaban J connectivity index is 2.54. The average Bonchev–Trinajstić information content (AvgIpc) is 2.37. The Hall–Kier alpha value is -1.35. The number of aryl methyl sites for hydroxylation is 1. The first kappa shape index (κ1) is 16.7. The predicted molar refractivity (Wildman–Crippen MR) is 84.4 cm³/mol. The molecule has 0 aliphatic heterocycles. The van der Waals surface area contributed by atoms with Crippen LogP contribution in [0.2, 0.25) is 0 Å². The van der Waals surface area contributed by atoms with Gasteiger partial charge in [-0.15, -0.1) is 0 Å². The van der Waals surface area contributed by atoms with Gasteiger partial charge < -0.3 is 11.1 Å². The predicted octanol–water partition coefficient (Wildman–Crippen LogP) is 2.74. The molecule has 0 saturated heterocycles. The Morgan fingerprint density at radius 1 is 1.25 bits per heavy atom. The van der Waals surface area contributed by atoms with Gasteiger partial charge in [0.2, 0.25) is 5.91 Å². The first-order chi connectivity index (χ1) is 9.35. The van der Waals surface area contributed by atoms with Gasteiger partial charge in [-0.25, -0.2) is 0 Å². The number of hydrogen-bond donors (Lipinski definition) is 2. The highest BCUT2D eigenvalue weighted by atomic mass is 16.2. The summed E-state index contributed by atoms with van der Waals surface area (Å²) in [5, 5.41) is 3.14. The number of rotatable bonds is 7. The van der Waals surface area contributed by atoms with E-state index in [1.807, 2.05) is 32.0 Å². The summed E-state index contributed by atoms with van der Waals surface area (Å²) in [7, 11) is 0. The lowest BCUT2D eigenvalue weighted by Gasteiger charge is -2.29. The fourth-order valence-electron chi connectivity index (χ4n) is 2.27. The third kappa shape index (κ3) is 5.33. The summed E-state index contributed by atoms with van der Waals surface area (Å²) < 4.78 is 0. The van der Waals surface area contributed by atoms with Crippen LogP contribution >= 0.6 is 0 Å². The van der Waals surface area contributed by atoms with E-state index in [0.29, 0.717) is 6.54 Å². The Labute approximate surface area is 122 Å². The topological polar surface area (TPSA) is 55.1 Å². The highest BCUT2D eigenvalue weighted by Gasteiger charge is 2.26. The molecule has 0 bridgehead atoms. The number of nitrogens with two attached hydrogens (primary N) is 1. The van der Waals surface area contributed by atoms with Crippen molar-refractivity contribution in [2.45, 2.75) is 46.1 Å². The van der Waals surface area contributed by atoms with Gasteiger partial charge in [0.25, 0.3) is 0 Å². The van der Waals surface area contributed by atoms with Crippen molar-refractivity contribution >= 4 is 5.91 Å². The molecule has 0 heterocycles. The van der Waals surface area contributed by atoms with Crippen LogP contribution in [-0.2, 0) is 11.2 Å². The molecule has 1 aromatic rings. The number of amides is 1. The quantitative estimate of drug-likeness (QED) is 0.804. The normalized spacial score (nSPS) is 13.3. The van der Waals surface area contributed by atoms with E-state index >= 15 is 0 Å². The Morgan fingerprint density at radius 3 is 2.35 bits per heavy atom. The lowest BCUT2D eigenvalue weighted by Crippen LogP contribution is -2.49. The Morgan fingerprint density at radius 2 is 1.85 bits per heavy atom. The van der Waals surface area contributed by atoms with Crippen LogP contribution in [0.3, 0.4) is 0 Å². The second kappa shape index (κ2) is 7.44. The minimum absolute atomic E-state index is 0.0700. The lowest BCUT2D eigenvalue weighted by molar-refractivity contribution is -0.127. The molecule has 0 radical (unpaired) electrons. The molecule has 0 aliphatic rings. The zero-order valence-electron chi connectivity index (χ0n) is 13.1. The number of nitrogens with one attached hydrogen (secondary N) is 1. The van der Waals surface area contributed by atoms with Gasteiger partial charge in [-0.2, -0.15) is 0 Å². The van der Waals surface area contributed by atoms with E-state index in [0.717, 1.165) is 12.8 Å². The van der Waals surface area contributed by atoms with Gasteiger partial charge >= 0.3 is 0 Å². The maximum atomic E-state index is 12.3. The molecular formula is C17H28N2O. The van der Waals surface area contributed by atoms with Crippen LogP contribution in [0.25, 0.3) is 0 Å². The van der Waals surface area contributed by atoms with E-state index in [1.54, 1.807) is 0 Å². The van der Waals surface area contributed by atoms with Crippen LogP contribution in [0.4, 0.5) is 0 Å². The molecule has 1 unspecified atom stereocenters. The molecule has 112 valence electrons. The van der Waals surface area contributed by atoms with E-state index in [1.165, 1.54) is 5.56 Å². The molecule has 0 spiro atoms. The van der Waals surface area contributed by atoms with E-state index < -0.39 is 0 Å². The van der Waals surface area contributed by atoms with Crippen LogP contribution in [0.5, 0.6) is 0 Å². The molecule has 20 heavy (non-hydrogen) atoms. The van der Waals surface area contributed by atoms with E-state index in [4.69, 9.17) is 5.73 Å². The van der Waals surface area contributed by atoms with Crippen molar-refractivity contribution in [3.63, 3.8) is 0 Å². The highest BCUT2D eigenvalue weighted by molar-refractivity contribution is 5.79. The molecule has 3 nitrogen and oxygen atoms in total. The van der Waals surface area contributed by atoms with Crippen molar-refractivity contribution in [2.24, 2.45) is 17.6 Å². The number of carbonyl (C=O) groups excluding carboxylic acids is 1. The zero-order valence-corrected chi connectivity index (χ0v) is 13.1. The summed E-state index contributed by atoms with van der Waals surface area (Å²) in [6, 6.07) is 10.3. The van der Waals surface area contributed by atoms with Gasteiger partial charge in [-0.05, 0) is 38.2 Å². The van der Waals surface area contributed by atoms with Crippen molar-refractivity contribution < 1.29 is 4.79 Å². The lowest BCUT2D eigenvalue weighted by atomic mass is 9.91. The van der Waals surface area contributed by atoms with Gasteiger partial charge in [-0.3, -0.25) is 4.79 Å². The third-order valence-electron chi connectivity index (χ3n) is 3.74. The fourth-order valence-corrected chi connectivity index (χ4v) is 2.27. The minimum Gasteiger partial charge on any atom is -0.351 e. The summed E-state index contributed by atoms with van der Waals surface area (Å²) in [6.45, 7) is 8.61. The second-order valence-electron chi connectivity index (χ2n) is 6.44. The largest absolute Gasteiger partial charge is 0.351 e. The molecule has 1 rings (SSSR count). The smallest absolute Gasteiger partial charge is 0.225 e. The van der Waals surface area contributed by atoms with Crippen molar-refractivity contribution in [3.05, 3.63) is 35.9 Å². The summed E-state index contributed by atoms with van der Waals surface area (Å²) in [5.74, 6) is 0.233. The summed E-state index contributed by atoms with van der Waals surface area (Å²) >= 11 is 0. The molecule has 1 atom stereocenters. The standard InChI is InChI=1S/C17H28N2O/c1-13(2)15(12-18)16(20)19-17(3,4)11-10-14-8-6-5-7-9-14/h5-9,13,15H,10-12,18H2,1-4H3,(H,19,20). The van der Waals surface area contributed by atoms with Crippen LogP contribution < -0.4 is 11.1 Å². The monoisotopic (exact) mass is 276 g/mol. The summed E-state index contributed by atoms with van der Waals surface area (Å²) in [4.78, 5) is 12.3. The van der Waals surface area contributed by atoms with Crippen molar-refractivity contribution in [1.82, 2.24) is 5.32 Å². The fraction of sp³-hybridized carbons (Fsp3) is 0.588. The maximum absolute atomic E-state index is 12.3. The highest BCUT2D eigenvalue weighted by Crippen LogP contribution is 2.16. The maximum Gasteiger partial charge on any atom is 0.225 e. The van der Waals surface area contributed by atoms with Crippen LogP contribution in [0.15, 0.2) is 30.3 Å².